The molecule has 2 atom stereocenters. The molecule has 0 saturated heterocycles. The summed E-state index contributed by atoms with van der Waals surface area (Å²) >= 11 is 0. The van der Waals surface area contributed by atoms with E-state index in [2.05, 4.69) is 26.6 Å². The summed E-state index contributed by atoms with van der Waals surface area (Å²) in [6.07, 6.45) is 5.74. The Labute approximate surface area is 252 Å². The Morgan fingerprint density at radius 3 is 2.26 bits per heavy atom. The number of amides is 1. The molecule has 1 amide bonds. The molecule has 2 aromatic carbocycles. The average Bonchev–Trinajstić information content (AvgIpc) is 3.20. The van der Waals surface area contributed by atoms with Gasteiger partial charge in [0.25, 0.3) is 17.3 Å². The van der Waals surface area contributed by atoms with Gasteiger partial charge in [0.1, 0.15) is 11.3 Å². The Morgan fingerprint density at radius 2 is 1.70 bits per heavy atom. The maximum atomic E-state index is 13.7. The largest absolute Gasteiger partial charge is 0.468 e. The van der Waals surface area contributed by atoms with Crippen molar-refractivity contribution in [3.05, 3.63) is 96.6 Å². The summed E-state index contributed by atoms with van der Waals surface area (Å²) in [5.74, 6) is 0.429. The van der Waals surface area contributed by atoms with E-state index in [-0.39, 0.29) is 47.5 Å². The molecule has 1 aliphatic heterocycles. The van der Waals surface area contributed by atoms with Crippen molar-refractivity contribution in [2.45, 2.75) is 77.7 Å². The van der Waals surface area contributed by atoms with Gasteiger partial charge in [-0.2, -0.15) is 0 Å². The van der Waals surface area contributed by atoms with Crippen molar-refractivity contribution < 1.29 is 28.9 Å². The summed E-state index contributed by atoms with van der Waals surface area (Å²) in [4.78, 5) is 37.6. The molecule has 12 heteroatoms. The first-order valence-electron chi connectivity index (χ1n) is 14.4. The third-order valence-corrected chi connectivity index (χ3v) is 10.8. The van der Waals surface area contributed by atoms with Crippen molar-refractivity contribution in [2.75, 3.05) is 13.3 Å². The predicted octanol–water partition coefficient (Wildman–Crippen LogP) is 6.70. The molecule has 2 unspecified atom stereocenters. The highest BCUT2D eigenvalue weighted by Gasteiger charge is 2.53. The Bertz CT molecular complexity index is 1430. The number of ether oxygens (including phenoxy) is 3. The number of allylic oxidation sites excluding steroid dienone is 1. The molecule has 230 valence electrons. The Morgan fingerprint density at radius 1 is 1.07 bits per heavy atom. The topological polar surface area (TPSA) is 134 Å². The number of carbonyl (C=O) groups excluding carboxylic acids is 1. The fraction of sp³-hybridized carbons (Fsp3) is 0.452. The number of benzene rings is 2. The quantitative estimate of drug-likeness (QED) is 0.106. The smallest absolute Gasteiger partial charge is 0.279 e. The van der Waals surface area contributed by atoms with Crippen molar-refractivity contribution in [3.8, 4) is 5.75 Å². The Balaban J connectivity index is 1.73. The number of carbonyl (C=O) groups is 1. The van der Waals surface area contributed by atoms with Crippen LogP contribution in [0.4, 0.5) is 11.4 Å². The van der Waals surface area contributed by atoms with Crippen molar-refractivity contribution in [1.82, 2.24) is 4.90 Å². The van der Waals surface area contributed by atoms with Crippen molar-refractivity contribution in [2.24, 2.45) is 0 Å². The van der Waals surface area contributed by atoms with E-state index >= 15 is 0 Å². The van der Waals surface area contributed by atoms with Gasteiger partial charge in [-0.05, 0) is 56.4 Å². The van der Waals surface area contributed by atoms with Gasteiger partial charge in [-0.25, -0.2) is 0 Å². The third-order valence-electron chi connectivity index (χ3n) is 8.15. The van der Waals surface area contributed by atoms with Gasteiger partial charge < -0.3 is 19.1 Å². The average molecular weight is 610 g/mol. The van der Waals surface area contributed by atoms with Crippen LogP contribution in [0.1, 0.15) is 49.8 Å². The minimum atomic E-state index is -1.48. The van der Waals surface area contributed by atoms with E-state index in [1.165, 1.54) is 19.1 Å². The molecule has 1 heterocycles. The monoisotopic (exact) mass is 609 g/mol. The van der Waals surface area contributed by atoms with Gasteiger partial charge in [0.05, 0.1) is 24.5 Å². The van der Waals surface area contributed by atoms with Gasteiger partial charge in [-0.3, -0.25) is 25.0 Å². The summed E-state index contributed by atoms with van der Waals surface area (Å²) in [7, 11) is -1.48. The molecule has 2 aromatic rings. The van der Waals surface area contributed by atoms with Crippen molar-refractivity contribution >= 4 is 25.4 Å². The summed E-state index contributed by atoms with van der Waals surface area (Å²) in [5.41, 5.74) is 0.385. The zero-order valence-corrected chi connectivity index (χ0v) is 26.5. The maximum absolute atomic E-state index is 13.7. The second-order valence-electron chi connectivity index (χ2n) is 12.0. The SMILES string of the molecule is CCCN1C(=O)C2=C(CCC=C2)C1(OCc1cc([N+](=O)[O-])c(C)c([N+](=O)[O-])c1)c1ccc(OCOC(C)[Si](C)(C)C)cc1. The van der Waals surface area contributed by atoms with E-state index in [9.17, 15) is 25.0 Å². The van der Waals surface area contributed by atoms with Gasteiger partial charge in [0.2, 0.25) is 0 Å². The van der Waals surface area contributed by atoms with Crippen LogP contribution in [0.2, 0.25) is 19.6 Å². The molecule has 0 radical (unpaired) electrons. The number of hydrogen-bond acceptors (Lipinski definition) is 8. The second kappa shape index (κ2) is 12.8. The molecule has 0 aromatic heterocycles. The molecule has 0 bridgehead atoms. The molecule has 1 aliphatic carbocycles. The van der Waals surface area contributed by atoms with E-state index in [1.807, 2.05) is 31.2 Å². The summed E-state index contributed by atoms with van der Waals surface area (Å²) in [6, 6.07) is 9.90. The molecule has 0 fully saturated rings. The van der Waals surface area contributed by atoms with Gasteiger partial charge >= 0.3 is 0 Å². The van der Waals surface area contributed by atoms with Crippen LogP contribution < -0.4 is 4.74 Å². The number of nitro benzene ring substituents is 2. The normalized spacial score (nSPS) is 19.0. The van der Waals surface area contributed by atoms with E-state index in [1.54, 1.807) is 17.0 Å². The first-order chi connectivity index (χ1) is 20.3. The molecule has 43 heavy (non-hydrogen) atoms. The second-order valence-corrected chi connectivity index (χ2v) is 17.5. The van der Waals surface area contributed by atoms with Crippen LogP contribution >= 0.6 is 0 Å². The number of rotatable bonds is 13. The zero-order chi connectivity index (χ0) is 31.5. The number of nitro groups is 2. The van der Waals surface area contributed by atoms with Gasteiger partial charge in [0, 0.05) is 35.5 Å². The molecule has 0 saturated carbocycles. The van der Waals surface area contributed by atoms with E-state index < -0.39 is 23.6 Å². The van der Waals surface area contributed by atoms with Crippen LogP contribution in [0.25, 0.3) is 0 Å². The van der Waals surface area contributed by atoms with Crippen molar-refractivity contribution in [3.63, 3.8) is 0 Å². The zero-order valence-electron chi connectivity index (χ0n) is 25.5. The highest BCUT2D eigenvalue weighted by Crippen LogP contribution is 2.49. The molecule has 11 nitrogen and oxygen atoms in total. The number of hydrogen-bond donors (Lipinski definition) is 0. The molecular formula is C31H39N3O8Si. The van der Waals surface area contributed by atoms with Crippen LogP contribution in [0.15, 0.2) is 59.7 Å². The van der Waals surface area contributed by atoms with E-state index in [4.69, 9.17) is 14.2 Å². The lowest BCUT2D eigenvalue weighted by Crippen LogP contribution is -2.48. The summed E-state index contributed by atoms with van der Waals surface area (Å²) < 4.78 is 18.4. The minimum absolute atomic E-state index is 0.0293. The fourth-order valence-corrected chi connectivity index (χ4v) is 5.92. The fourth-order valence-electron chi connectivity index (χ4n) is 5.35. The first kappa shape index (κ1) is 32.0. The van der Waals surface area contributed by atoms with Gasteiger partial charge in [0.15, 0.2) is 12.5 Å². The minimum Gasteiger partial charge on any atom is -0.468 e. The lowest BCUT2D eigenvalue weighted by atomic mass is 9.87. The van der Waals surface area contributed by atoms with E-state index in [0.717, 1.165) is 5.57 Å². The first-order valence-corrected chi connectivity index (χ1v) is 18.0. The van der Waals surface area contributed by atoms with Gasteiger partial charge in [-0.15, -0.1) is 0 Å². The molecule has 2 aliphatic rings. The van der Waals surface area contributed by atoms with Gasteiger partial charge in [-0.1, -0.05) is 50.8 Å². The van der Waals surface area contributed by atoms with Crippen LogP contribution in [0.3, 0.4) is 0 Å². The molecule has 0 N–H and O–H groups in total. The van der Waals surface area contributed by atoms with Crippen LogP contribution in [-0.4, -0.2) is 47.8 Å². The standard InChI is InChI=1S/C31H39N3O8Si/c1-7-16-32-30(35)26-10-8-9-11-27(26)31(32,24-12-14-25(15-13-24)41-20-40-22(3)43(4,5)6)42-19-23-17-28(33(36)37)21(2)29(18-23)34(38)39/h8,10,12-15,17-18,22H,7,9,11,16,19-20H2,1-6H3. The van der Waals surface area contributed by atoms with Crippen LogP contribution in [0, 0.1) is 27.2 Å². The summed E-state index contributed by atoms with van der Waals surface area (Å²) in [5, 5.41) is 23.4. The predicted molar refractivity (Wildman–Crippen MR) is 164 cm³/mol. The molecular weight excluding hydrogens is 570 g/mol. The molecule has 4 rings (SSSR count). The van der Waals surface area contributed by atoms with E-state index in [0.29, 0.717) is 42.7 Å². The number of nitrogens with zero attached hydrogens (tertiary/aromatic N) is 3. The Hall–Kier alpha value is -3.87. The lowest BCUT2D eigenvalue weighted by Gasteiger charge is -2.41. The lowest BCUT2D eigenvalue weighted by molar-refractivity contribution is -0.395. The van der Waals surface area contributed by atoms with Crippen LogP contribution in [0.5, 0.6) is 5.75 Å². The summed E-state index contributed by atoms with van der Waals surface area (Å²) in [6.45, 7) is 12.4. The maximum Gasteiger partial charge on any atom is 0.279 e. The van der Waals surface area contributed by atoms with Crippen molar-refractivity contribution in [1.29, 1.82) is 0 Å². The molecule has 0 spiro atoms. The highest BCUT2D eigenvalue weighted by molar-refractivity contribution is 6.77. The van der Waals surface area contributed by atoms with Crippen LogP contribution in [-0.2, 0) is 26.6 Å². The third kappa shape index (κ3) is 6.41. The highest BCUT2D eigenvalue weighted by atomic mass is 28.3. The Kier molecular flexibility index (Phi) is 9.53.